The molecule has 0 atom stereocenters. The van der Waals surface area contributed by atoms with Crippen LogP contribution < -0.4 is 11.3 Å². The average Bonchev–Trinajstić information content (AvgIpc) is 2.32. The van der Waals surface area contributed by atoms with Crippen LogP contribution in [0.2, 0.25) is 0 Å². The summed E-state index contributed by atoms with van der Waals surface area (Å²) in [5.74, 6) is 5.54. The van der Waals surface area contributed by atoms with Crippen molar-refractivity contribution in [2.24, 2.45) is 5.84 Å². The Labute approximate surface area is 111 Å². The number of benzene rings is 1. The van der Waals surface area contributed by atoms with E-state index in [4.69, 9.17) is 5.84 Å². The standard InChI is InChI=1S/C11H11Br2N3/c1-2-6-5-9(16-14)10-7(12)3-4-8(13)11(10)15-6/h3-5H,2,14H2,1H3,(H,15,16). The molecule has 0 saturated heterocycles. The van der Waals surface area contributed by atoms with Gasteiger partial charge in [-0.15, -0.1) is 0 Å². The van der Waals surface area contributed by atoms with Crippen LogP contribution in [0.3, 0.4) is 0 Å². The highest BCUT2D eigenvalue weighted by Crippen LogP contribution is 2.34. The molecule has 0 amide bonds. The normalized spacial score (nSPS) is 10.8. The number of aryl methyl sites for hydroxylation is 1. The molecule has 2 aromatic rings. The summed E-state index contributed by atoms with van der Waals surface area (Å²) in [6, 6.07) is 5.92. The van der Waals surface area contributed by atoms with Gasteiger partial charge >= 0.3 is 0 Å². The van der Waals surface area contributed by atoms with Crippen molar-refractivity contribution in [3.8, 4) is 0 Å². The van der Waals surface area contributed by atoms with E-state index in [1.54, 1.807) is 0 Å². The van der Waals surface area contributed by atoms with Gasteiger partial charge in [-0.25, -0.2) is 0 Å². The number of halogens is 2. The fraction of sp³-hybridized carbons (Fsp3) is 0.182. The summed E-state index contributed by atoms with van der Waals surface area (Å²) in [7, 11) is 0. The zero-order valence-corrected chi connectivity index (χ0v) is 11.9. The third kappa shape index (κ3) is 1.95. The molecular weight excluding hydrogens is 334 g/mol. The van der Waals surface area contributed by atoms with Crippen molar-refractivity contribution in [2.75, 3.05) is 5.43 Å². The second kappa shape index (κ2) is 4.69. The molecule has 5 heteroatoms. The van der Waals surface area contributed by atoms with E-state index in [0.717, 1.165) is 37.7 Å². The number of nitrogen functional groups attached to an aromatic ring is 1. The summed E-state index contributed by atoms with van der Waals surface area (Å²) < 4.78 is 1.95. The van der Waals surface area contributed by atoms with Crippen molar-refractivity contribution < 1.29 is 0 Å². The van der Waals surface area contributed by atoms with Gasteiger partial charge in [0.25, 0.3) is 0 Å². The summed E-state index contributed by atoms with van der Waals surface area (Å²) in [4.78, 5) is 4.59. The lowest BCUT2D eigenvalue weighted by Crippen LogP contribution is -2.08. The number of nitrogens with one attached hydrogen (secondary N) is 1. The minimum absolute atomic E-state index is 0.879. The first-order valence-corrected chi connectivity index (χ1v) is 6.50. The van der Waals surface area contributed by atoms with E-state index in [1.165, 1.54) is 0 Å². The molecule has 0 fully saturated rings. The Morgan fingerprint density at radius 1 is 1.31 bits per heavy atom. The monoisotopic (exact) mass is 343 g/mol. The number of anilines is 1. The third-order valence-corrected chi connectivity index (χ3v) is 3.73. The van der Waals surface area contributed by atoms with Gasteiger partial charge in [-0.3, -0.25) is 10.8 Å². The molecule has 0 radical (unpaired) electrons. The molecule has 0 saturated carbocycles. The van der Waals surface area contributed by atoms with Gasteiger partial charge in [0.2, 0.25) is 0 Å². The second-order valence-electron chi connectivity index (χ2n) is 3.41. The maximum absolute atomic E-state index is 5.54. The lowest BCUT2D eigenvalue weighted by atomic mass is 10.1. The van der Waals surface area contributed by atoms with E-state index in [1.807, 2.05) is 18.2 Å². The van der Waals surface area contributed by atoms with Gasteiger partial charge in [0.15, 0.2) is 0 Å². The Kier molecular flexibility index (Phi) is 3.47. The fourth-order valence-corrected chi connectivity index (χ4v) is 2.57. The Morgan fingerprint density at radius 3 is 2.62 bits per heavy atom. The van der Waals surface area contributed by atoms with Crippen molar-refractivity contribution in [2.45, 2.75) is 13.3 Å². The molecule has 1 aromatic heterocycles. The Bertz CT molecular complexity index is 540. The molecular formula is C11H11Br2N3. The van der Waals surface area contributed by atoms with E-state index >= 15 is 0 Å². The molecule has 1 heterocycles. The summed E-state index contributed by atoms with van der Waals surface area (Å²) >= 11 is 7.02. The molecule has 2 rings (SSSR count). The van der Waals surface area contributed by atoms with E-state index in [-0.39, 0.29) is 0 Å². The topological polar surface area (TPSA) is 50.9 Å². The fourth-order valence-electron chi connectivity index (χ4n) is 1.62. The van der Waals surface area contributed by atoms with Gasteiger partial charge in [-0.2, -0.15) is 0 Å². The van der Waals surface area contributed by atoms with Crippen LogP contribution in [0, 0.1) is 0 Å². The second-order valence-corrected chi connectivity index (χ2v) is 5.12. The van der Waals surface area contributed by atoms with E-state index in [0.29, 0.717) is 0 Å². The first kappa shape index (κ1) is 11.8. The molecule has 0 aliphatic carbocycles. The lowest BCUT2D eigenvalue weighted by Gasteiger charge is -2.10. The minimum atomic E-state index is 0.879. The molecule has 3 N–H and O–H groups in total. The number of pyridine rings is 1. The molecule has 84 valence electrons. The highest BCUT2D eigenvalue weighted by atomic mass is 79.9. The number of rotatable bonds is 2. The highest BCUT2D eigenvalue weighted by Gasteiger charge is 2.10. The number of hydrazine groups is 1. The van der Waals surface area contributed by atoms with E-state index in [2.05, 4.69) is 49.2 Å². The predicted octanol–water partition coefficient (Wildman–Crippen LogP) is 3.61. The van der Waals surface area contributed by atoms with Crippen LogP contribution in [-0.4, -0.2) is 4.98 Å². The third-order valence-electron chi connectivity index (χ3n) is 2.43. The summed E-state index contributed by atoms with van der Waals surface area (Å²) in [6.45, 7) is 2.07. The largest absolute Gasteiger partial charge is 0.323 e. The number of hydrogen-bond acceptors (Lipinski definition) is 3. The molecule has 0 aliphatic rings. The molecule has 0 aliphatic heterocycles. The smallest absolute Gasteiger partial charge is 0.0879 e. The van der Waals surface area contributed by atoms with Crippen LogP contribution >= 0.6 is 31.9 Å². The summed E-state index contributed by atoms with van der Waals surface area (Å²) in [5, 5.41) is 0.995. The summed E-state index contributed by atoms with van der Waals surface area (Å²) in [5.41, 5.74) is 5.54. The number of hydrogen-bond donors (Lipinski definition) is 2. The Balaban J connectivity index is 2.88. The van der Waals surface area contributed by atoms with Crippen LogP contribution in [0.5, 0.6) is 0 Å². The van der Waals surface area contributed by atoms with Crippen molar-refractivity contribution >= 4 is 48.5 Å². The number of fused-ring (bicyclic) bond motifs is 1. The molecule has 3 nitrogen and oxygen atoms in total. The van der Waals surface area contributed by atoms with Crippen LogP contribution in [0.15, 0.2) is 27.1 Å². The first-order valence-electron chi connectivity index (χ1n) is 4.91. The van der Waals surface area contributed by atoms with E-state index in [9.17, 15) is 0 Å². The summed E-state index contributed by atoms with van der Waals surface area (Å²) in [6.07, 6.45) is 0.879. The number of aromatic nitrogens is 1. The van der Waals surface area contributed by atoms with E-state index < -0.39 is 0 Å². The Morgan fingerprint density at radius 2 is 2.00 bits per heavy atom. The van der Waals surface area contributed by atoms with Gasteiger partial charge < -0.3 is 5.43 Å². The SMILES string of the molecule is CCc1cc(NN)c2c(Br)ccc(Br)c2n1. The van der Waals surface area contributed by atoms with Gasteiger partial charge in [0, 0.05) is 20.0 Å². The Hall–Kier alpha value is -0.650. The number of nitrogens with two attached hydrogens (primary N) is 1. The van der Waals surface area contributed by atoms with Crippen molar-refractivity contribution in [3.05, 3.63) is 32.8 Å². The lowest BCUT2D eigenvalue weighted by molar-refractivity contribution is 1.05. The number of nitrogens with zero attached hydrogens (tertiary/aromatic N) is 1. The minimum Gasteiger partial charge on any atom is -0.323 e. The maximum Gasteiger partial charge on any atom is 0.0879 e. The van der Waals surface area contributed by atoms with Crippen LogP contribution in [-0.2, 0) is 6.42 Å². The maximum atomic E-state index is 5.54. The van der Waals surface area contributed by atoms with Crippen molar-refractivity contribution in [1.82, 2.24) is 4.98 Å². The van der Waals surface area contributed by atoms with Crippen molar-refractivity contribution in [3.63, 3.8) is 0 Å². The van der Waals surface area contributed by atoms with Gasteiger partial charge in [0.05, 0.1) is 11.2 Å². The van der Waals surface area contributed by atoms with Crippen LogP contribution in [0.4, 0.5) is 5.69 Å². The highest BCUT2D eigenvalue weighted by molar-refractivity contribution is 9.11. The molecule has 16 heavy (non-hydrogen) atoms. The van der Waals surface area contributed by atoms with Gasteiger partial charge in [-0.1, -0.05) is 22.9 Å². The molecule has 0 bridgehead atoms. The van der Waals surface area contributed by atoms with Crippen LogP contribution in [0.1, 0.15) is 12.6 Å². The van der Waals surface area contributed by atoms with Gasteiger partial charge in [0.1, 0.15) is 0 Å². The average molecular weight is 345 g/mol. The zero-order chi connectivity index (χ0) is 11.7. The molecule has 0 spiro atoms. The molecule has 0 unspecified atom stereocenters. The van der Waals surface area contributed by atoms with Crippen LogP contribution in [0.25, 0.3) is 10.9 Å². The molecule has 1 aromatic carbocycles. The quantitative estimate of drug-likeness (QED) is 0.646. The predicted molar refractivity (Wildman–Crippen MR) is 74.3 cm³/mol. The first-order chi connectivity index (χ1) is 7.67. The van der Waals surface area contributed by atoms with Crippen molar-refractivity contribution in [1.29, 1.82) is 0 Å². The zero-order valence-electron chi connectivity index (χ0n) is 8.72. The van der Waals surface area contributed by atoms with Gasteiger partial charge in [-0.05, 0) is 40.5 Å².